The largest absolute Gasteiger partial charge is 0.497 e. The highest BCUT2D eigenvalue weighted by atomic mass is 16.6. The van der Waals surface area contributed by atoms with Gasteiger partial charge in [0.25, 0.3) is 11.1 Å². The summed E-state index contributed by atoms with van der Waals surface area (Å²) in [7, 11) is 3.14. The number of rotatable bonds is 18. The molecule has 0 bridgehead atoms. The molecule has 2 fully saturated rings. The predicted molar refractivity (Wildman–Crippen MR) is 340 cm³/mol. The standard InChI is InChI=1S/C34H44N4O7.C34H43N3O7/c1-6-28(35-41)27-20-25(42-5)21-29-26(27)8-10-32(39)37(29)16-15-36-13-11-24(12-14-36)38(33(40)45-34(2,3)4)22-23-7-9-30-31(19-23)44-18-17-43-30;1-6-29(38)27-20-25(41-5)21-28-26(27)8-10-32(39)36(28)16-15-35-13-11-24(12-14-35)37(33(40)44-34(2,3)4)22-23-7-9-30-31(19-23)43-18-17-42-30/h7-10,19-21,24,41H,6,11-18,22H2,1-5H3;7-10,19-21,24H,6,11-18,22H2,1-5H3/b35-28-;. The zero-order chi connectivity index (χ0) is 63.6. The van der Waals surface area contributed by atoms with Crippen LogP contribution in [0.3, 0.4) is 0 Å². The molecule has 2 amide bonds. The van der Waals surface area contributed by atoms with E-state index in [0.717, 1.165) is 90.6 Å². The first-order valence-corrected chi connectivity index (χ1v) is 31.0. The van der Waals surface area contributed by atoms with E-state index in [1.54, 1.807) is 47.6 Å². The minimum Gasteiger partial charge on any atom is -0.497 e. The van der Waals surface area contributed by atoms with Crippen LogP contribution >= 0.6 is 0 Å². The van der Waals surface area contributed by atoms with Gasteiger partial charge in [0.05, 0.1) is 31.0 Å². The quantitative estimate of drug-likeness (QED) is 0.0367. The number of aromatic nitrogens is 2. The first-order valence-electron chi connectivity index (χ1n) is 31.0. The van der Waals surface area contributed by atoms with Gasteiger partial charge >= 0.3 is 12.2 Å². The van der Waals surface area contributed by atoms with Crippen LogP contribution in [-0.4, -0.2) is 161 Å². The van der Waals surface area contributed by atoms with E-state index in [4.69, 9.17) is 37.9 Å². The number of carbonyl (C=O) groups is 3. The van der Waals surface area contributed by atoms with Crippen molar-refractivity contribution in [3.8, 4) is 34.5 Å². The second-order valence-corrected chi connectivity index (χ2v) is 24.9. The lowest BCUT2D eigenvalue weighted by molar-refractivity contribution is 0.00468. The molecule has 6 aromatic rings. The summed E-state index contributed by atoms with van der Waals surface area (Å²) in [5.41, 5.74) is 3.71. The number of piperidine rings is 2. The Labute approximate surface area is 520 Å². The number of methoxy groups -OCH3 is 2. The average molecular weight is 1230 g/mol. The topological polar surface area (TPSA) is 215 Å². The van der Waals surface area contributed by atoms with Gasteiger partial charge in [-0.3, -0.25) is 14.4 Å². The number of hydrogen-bond donors (Lipinski definition) is 1. The summed E-state index contributed by atoms with van der Waals surface area (Å²) >= 11 is 0. The van der Waals surface area contributed by atoms with Gasteiger partial charge in [-0.05, 0) is 133 Å². The molecule has 4 aliphatic rings. The second kappa shape index (κ2) is 28.9. The number of carbonyl (C=O) groups excluding carboxylic acids is 3. The number of oxime groups is 1. The average Bonchev–Trinajstić information content (AvgIpc) is 2.24. The summed E-state index contributed by atoms with van der Waals surface area (Å²) in [4.78, 5) is 73.9. The summed E-state index contributed by atoms with van der Waals surface area (Å²) in [6.45, 7) is 23.2. The maximum atomic E-state index is 13.4. The molecule has 6 heterocycles. The fraction of sp³-hybridized carbons (Fsp3) is 0.500. The number of amides is 2. The van der Waals surface area contributed by atoms with Crippen LogP contribution in [0.25, 0.3) is 21.8 Å². The van der Waals surface area contributed by atoms with Crippen molar-refractivity contribution in [3.05, 3.63) is 128 Å². The number of ketones is 1. The van der Waals surface area contributed by atoms with Gasteiger partial charge in [0.2, 0.25) is 0 Å². The maximum Gasteiger partial charge on any atom is 0.410 e. The highest BCUT2D eigenvalue weighted by Crippen LogP contribution is 2.35. The zero-order valence-corrected chi connectivity index (χ0v) is 53.3. The molecular weight excluding hydrogens is 1140 g/mol. The summed E-state index contributed by atoms with van der Waals surface area (Å²) in [6, 6.07) is 25.5. The molecule has 89 heavy (non-hydrogen) atoms. The molecule has 10 rings (SSSR count). The number of fused-ring (bicyclic) bond motifs is 4. The van der Waals surface area contributed by atoms with E-state index in [1.165, 1.54) is 6.07 Å². The van der Waals surface area contributed by atoms with Crippen LogP contribution in [0.4, 0.5) is 9.59 Å². The Balaban J connectivity index is 0.000000211. The maximum absolute atomic E-state index is 13.4. The van der Waals surface area contributed by atoms with E-state index in [2.05, 4.69) is 15.0 Å². The third kappa shape index (κ3) is 16.3. The van der Waals surface area contributed by atoms with E-state index in [1.807, 2.05) is 120 Å². The number of nitrogens with zero attached hydrogens (tertiary/aromatic N) is 7. The second-order valence-electron chi connectivity index (χ2n) is 24.9. The smallest absolute Gasteiger partial charge is 0.410 e. The number of pyridine rings is 2. The van der Waals surface area contributed by atoms with Crippen LogP contribution in [0, 0.1) is 0 Å². The fourth-order valence-corrected chi connectivity index (χ4v) is 11.9. The molecular formula is C68H87N7O14. The van der Waals surface area contributed by atoms with Gasteiger partial charge in [-0.25, -0.2) is 9.59 Å². The van der Waals surface area contributed by atoms with Gasteiger partial charge in [-0.2, -0.15) is 0 Å². The van der Waals surface area contributed by atoms with Crippen molar-refractivity contribution in [2.24, 2.45) is 5.16 Å². The van der Waals surface area contributed by atoms with Crippen LogP contribution in [0.5, 0.6) is 34.5 Å². The monoisotopic (exact) mass is 1230 g/mol. The van der Waals surface area contributed by atoms with Crippen molar-refractivity contribution in [3.63, 3.8) is 0 Å². The van der Waals surface area contributed by atoms with E-state index in [-0.39, 0.29) is 41.2 Å². The Morgan fingerprint density at radius 2 is 0.944 bits per heavy atom. The molecule has 21 heteroatoms. The molecule has 0 aliphatic carbocycles. The van der Waals surface area contributed by atoms with Gasteiger partial charge in [0.1, 0.15) is 49.1 Å². The van der Waals surface area contributed by atoms with Crippen molar-refractivity contribution in [2.45, 2.75) is 143 Å². The summed E-state index contributed by atoms with van der Waals surface area (Å²) in [5, 5.41) is 14.7. The first-order chi connectivity index (χ1) is 42.7. The van der Waals surface area contributed by atoms with Crippen LogP contribution in [0.1, 0.15) is 121 Å². The predicted octanol–water partition coefficient (Wildman–Crippen LogP) is 10.5. The molecule has 0 unspecified atom stereocenters. The van der Waals surface area contributed by atoms with Crippen molar-refractivity contribution in [2.75, 3.05) is 79.9 Å². The lowest BCUT2D eigenvalue weighted by atomic mass is 10.0. The van der Waals surface area contributed by atoms with Gasteiger partial charge in [-0.15, -0.1) is 0 Å². The van der Waals surface area contributed by atoms with Gasteiger partial charge in [0.15, 0.2) is 28.8 Å². The first kappa shape index (κ1) is 65.2. The molecule has 0 spiro atoms. The lowest BCUT2D eigenvalue weighted by Crippen LogP contribution is -2.49. The zero-order valence-electron chi connectivity index (χ0n) is 53.3. The normalized spacial score (nSPS) is 15.9. The Morgan fingerprint density at radius 1 is 0.539 bits per heavy atom. The Morgan fingerprint density at radius 3 is 1.33 bits per heavy atom. The van der Waals surface area contributed by atoms with Crippen LogP contribution < -0.4 is 39.5 Å². The fourth-order valence-electron chi connectivity index (χ4n) is 11.9. The van der Waals surface area contributed by atoms with Gasteiger partial charge in [0, 0.05) is 130 Å². The van der Waals surface area contributed by atoms with Crippen LogP contribution in [-0.2, 0) is 35.7 Å². The highest BCUT2D eigenvalue weighted by Gasteiger charge is 2.34. The minimum absolute atomic E-state index is 0.00135. The summed E-state index contributed by atoms with van der Waals surface area (Å²) in [6.07, 6.45) is 3.33. The molecule has 0 atom stereocenters. The molecule has 1 N–H and O–H groups in total. The molecule has 2 aromatic heterocycles. The van der Waals surface area contributed by atoms with E-state index in [0.29, 0.717) is 124 Å². The van der Waals surface area contributed by atoms with E-state index < -0.39 is 11.2 Å². The molecule has 21 nitrogen and oxygen atoms in total. The third-order valence-corrected chi connectivity index (χ3v) is 16.5. The number of likely N-dealkylation sites (tertiary alicyclic amines) is 2. The molecule has 478 valence electrons. The van der Waals surface area contributed by atoms with Crippen LogP contribution in [0.2, 0.25) is 0 Å². The van der Waals surface area contributed by atoms with Crippen molar-refractivity contribution >= 4 is 45.5 Å². The van der Waals surface area contributed by atoms with E-state index >= 15 is 0 Å². The SMILES string of the molecule is CC/C(=N/O)c1cc(OC)cc2c1ccc(=O)n2CCN1CCC(N(Cc2ccc3c(c2)OCCO3)C(=O)OC(C)(C)C)CC1.CCC(=O)c1cc(OC)cc2c1ccc(=O)n2CCN1CCC(N(Cc2ccc3c(c2)OCCO3)C(=O)OC(C)(C)C)CC1. The number of ether oxygens (including phenoxy) is 8. The number of benzene rings is 4. The van der Waals surface area contributed by atoms with Crippen LogP contribution in [0.15, 0.2) is 99.7 Å². The Hall–Kier alpha value is -8.30. The lowest BCUT2D eigenvalue weighted by Gasteiger charge is -2.39. The minimum atomic E-state index is -0.613. The molecule has 4 aromatic carbocycles. The summed E-state index contributed by atoms with van der Waals surface area (Å²) in [5.74, 6) is 3.97. The van der Waals surface area contributed by atoms with Crippen molar-refractivity contribution in [1.82, 2.24) is 28.7 Å². The molecule has 0 radical (unpaired) electrons. The van der Waals surface area contributed by atoms with Crippen molar-refractivity contribution < 1.29 is 57.5 Å². The Kier molecular flexibility index (Phi) is 21.2. The van der Waals surface area contributed by atoms with Crippen molar-refractivity contribution in [1.29, 1.82) is 0 Å². The summed E-state index contributed by atoms with van der Waals surface area (Å²) < 4.78 is 49.0. The van der Waals surface area contributed by atoms with Gasteiger partial charge in [-0.1, -0.05) is 31.1 Å². The number of hydrogen-bond acceptors (Lipinski definition) is 17. The van der Waals surface area contributed by atoms with Gasteiger partial charge < -0.3 is 71.8 Å². The van der Waals surface area contributed by atoms with E-state index in [9.17, 15) is 29.2 Å². The highest BCUT2D eigenvalue weighted by molar-refractivity contribution is 6.10. The molecule has 2 saturated heterocycles. The number of Topliss-reactive ketones (excluding diaryl/α,β-unsaturated/α-hetero) is 1. The third-order valence-electron chi connectivity index (χ3n) is 16.5. The Bertz CT molecular complexity index is 3640. The molecule has 0 saturated carbocycles. The molecule has 4 aliphatic heterocycles.